The van der Waals surface area contributed by atoms with Crippen LogP contribution in [0.5, 0.6) is 0 Å². The first kappa shape index (κ1) is 19.2. The first-order chi connectivity index (χ1) is 13.7. The van der Waals surface area contributed by atoms with Gasteiger partial charge in [-0.3, -0.25) is 0 Å². The van der Waals surface area contributed by atoms with Crippen LogP contribution in [-0.2, 0) is 6.42 Å². The molecule has 0 spiro atoms. The zero-order valence-electron chi connectivity index (χ0n) is 16.6. The second-order valence-electron chi connectivity index (χ2n) is 8.37. The van der Waals surface area contributed by atoms with Crippen LogP contribution in [0.4, 0.5) is 11.8 Å². The molecule has 2 aromatic rings. The van der Waals surface area contributed by atoms with E-state index >= 15 is 0 Å². The Morgan fingerprint density at radius 1 is 1.07 bits per heavy atom. The fourth-order valence-corrected chi connectivity index (χ4v) is 4.28. The Balaban J connectivity index is 1.21. The maximum absolute atomic E-state index is 5.92. The zero-order valence-corrected chi connectivity index (χ0v) is 16.6. The van der Waals surface area contributed by atoms with Crippen LogP contribution in [0.3, 0.4) is 0 Å². The standard InChI is InChI=1S/C22H32N6/c23-19-12-18(13-19)20-14-21(27-22(24)26-20)25-15-17-7-10-28(11-8-17)9-6-16-4-2-1-3-5-16/h1-5,14,17-19H,6-13,15,23H2,(H3,24,25,26,27). The topological polar surface area (TPSA) is 93.1 Å². The Kier molecular flexibility index (Phi) is 6.07. The van der Waals surface area contributed by atoms with Gasteiger partial charge in [-0.1, -0.05) is 30.3 Å². The molecular weight excluding hydrogens is 348 g/mol. The summed E-state index contributed by atoms with van der Waals surface area (Å²) in [5.41, 5.74) is 14.3. The van der Waals surface area contributed by atoms with Gasteiger partial charge in [-0.25, -0.2) is 4.98 Å². The van der Waals surface area contributed by atoms with Gasteiger partial charge in [-0.05, 0) is 56.7 Å². The van der Waals surface area contributed by atoms with Crippen LogP contribution >= 0.6 is 0 Å². The summed E-state index contributed by atoms with van der Waals surface area (Å²) < 4.78 is 0. The molecule has 1 aliphatic carbocycles. The average Bonchev–Trinajstić information content (AvgIpc) is 2.69. The van der Waals surface area contributed by atoms with E-state index in [4.69, 9.17) is 11.5 Å². The number of likely N-dealkylation sites (tertiary alicyclic amines) is 1. The molecule has 1 aromatic carbocycles. The molecular formula is C22H32N6. The molecule has 2 heterocycles. The molecule has 1 saturated carbocycles. The van der Waals surface area contributed by atoms with Crippen molar-refractivity contribution in [3.05, 3.63) is 47.7 Å². The van der Waals surface area contributed by atoms with Gasteiger partial charge in [-0.15, -0.1) is 0 Å². The molecule has 0 amide bonds. The minimum atomic E-state index is 0.310. The smallest absolute Gasteiger partial charge is 0.222 e. The van der Waals surface area contributed by atoms with Gasteiger partial charge >= 0.3 is 0 Å². The van der Waals surface area contributed by atoms with Crippen LogP contribution in [-0.4, -0.2) is 47.1 Å². The van der Waals surface area contributed by atoms with Gasteiger partial charge in [0.2, 0.25) is 5.95 Å². The second kappa shape index (κ2) is 8.88. The van der Waals surface area contributed by atoms with E-state index in [1.807, 2.05) is 0 Å². The molecule has 0 atom stereocenters. The van der Waals surface area contributed by atoms with Gasteiger partial charge in [-0.2, -0.15) is 4.98 Å². The van der Waals surface area contributed by atoms with Gasteiger partial charge < -0.3 is 21.7 Å². The summed E-state index contributed by atoms with van der Waals surface area (Å²) >= 11 is 0. The molecule has 1 aromatic heterocycles. The molecule has 28 heavy (non-hydrogen) atoms. The van der Waals surface area contributed by atoms with Crippen LogP contribution in [0.1, 0.15) is 42.9 Å². The van der Waals surface area contributed by atoms with Gasteiger partial charge in [0.05, 0.1) is 5.69 Å². The Hall–Kier alpha value is -2.18. The van der Waals surface area contributed by atoms with Gasteiger partial charge in [0.1, 0.15) is 5.82 Å². The number of piperidine rings is 1. The summed E-state index contributed by atoms with van der Waals surface area (Å²) in [5.74, 6) is 2.34. The van der Waals surface area contributed by atoms with Gasteiger partial charge in [0.15, 0.2) is 0 Å². The summed E-state index contributed by atoms with van der Waals surface area (Å²) in [4.78, 5) is 11.4. The number of rotatable bonds is 7. The molecule has 0 unspecified atom stereocenters. The van der Waals surface area contributed by atoms with Crippen molar-refractivity contribution >= 4 is 11.8 Å². The summed E-state index contributed by atoms with van der Waals surface area (Å²) in [7, 11) is 0. The van der Waals surface area contributed by atoms with Crippen molar-refractivity contribution in [2.45, 2.75) is 44.1 Å². The van der Waals surface area contributed by atoms with E-state index in [0.717, 1.165) is 43.9 Å². The van der Waals surface area contributed by atoms with E-state index < -0.39 is 0 Å². The molecule has 4 rings (SSSR count). The third-order valence-electron chi connectivity index (χ3n) is 6.19. The SMILES string of the molecule is Nc1nc(NCC2CCN(CCc3ccccc3)CC2)cc(C2CC(N)C2)n1. The van der Waals surface area contributed by atoms with Crippen LogP contribution < -0.4 is 16.8 Å². The summed E-state index contributed by atoms with van der Waals surface area (Å²) in [6, 6.07) is 13.1. The summed E-state index contributed by atoms with van der Waals surface area (Å²) in [6.45, 7) is 4.46. The van der Waals surface area contributed by atoms with Crippen molar-refractivity contribution in [1.29, 1.82) is 0 Å². The highest BCUT2D eigenvalue weighted by Crippen LogP contribution is 2.35. The maximum Gasteiger partial charge on any atom is 0.222 e. The third kappa shape index (κ3) is 5.00. The Morgan fingerprint density at radius 3 is 2.54 bits per heavy atom. The molecule has 1 aliphatic heterocycles. The van der Waals surface area contributed by atoms with Crippen molar-refractivity contribution in [2.24, 2.45) is 11.7 Å². The molecule has 150 valence electrons. The molecule has 0 bridgehead atoms. The molecule has 6 nitrogen and oxygen atoms in total. The van der Waals surface area contributed by atoms with Crippen molar-refractivity contribution in [3.63, 3.8) is 0 Å². The Labute approximate surface area is 167 Å². The lowest BCUT2D eigenvalue weighted by Gasteiger charge is -2.33. The monoisotopic (exact) mass is 380 g/mol. The van der Waals surface area contributed by atoms with Crippen molar-refractivity contribution in [1.82, 2.24) is 14.9 Å². The minimum absolute atomic E-state index is 0.310. The fraction of sp³-hybridized carbons (Fsp3) is 0.545. The highest BCUT2D eigenvalue weighted by molar-refractivity contribution is 5.42. The molecule has 2 aliphatic rings. The Morgan fingerprint density at radius 2 is 1.82 bits per heavy atom. The highest BCUT2D eigenvalue weighted by atomic mass is 15.1. The lowest BCUT2D eigenvalue weighted by Crippen LogP contribution is -2.37. The first-order valence-electron chi connectivity index (χ1n) is 10.6. The number of nitrogen functional groups attached to an aromatic ring is 1. The zero-order chi connectivity index (χ0) is 19.3. The molecule has 1 saturated heterocycles. The van der Waals surface area contributed by atoms with E-state index in [-0.39, 0.29) is 0 Å². The number of benzene rings is 1. The maximum atomic E-state index is 5.92. The van der Waals surface area contributed by atoms with Crippen LogP contribution in [0.15, 0.2) is 36.4 Å². The predicted molar refractivity (Wildman–Crippen MR) is 114 cm³/mol. The van der Waals surface area contributed by atoms with Crippen molar-refractivity contribution in [3.8, 4) is 0 Å². The second-order valence-corrected chi connectivity index (χ2v) is 8.37. The number of nitrogens with one attached hydrogen (secondary N) is 1. The lowest BCUT2D eigenvalue weighted by molar-refractivity contribution is 0.191. The lowest BCUT2D eigenvalue weighted by atomic mass is 9.78. The average molecular weight is 381 g/mol. The fourth-order valence-electron chi connectivity index (χ4n) is 4.28. The molecule has 2 fully saturated rings. The summed E-state index contributed by atoms with van der Waals surface area (Å²) in [6.07, 6.45) is 5.59. The van der Waals surface area contributed by atoms with Crippen molar-refractivity contribution < 1.29 is 0 Å². The highest BCUT2D eigenvalue weighted by Gasteiger charge is 2.29. The third-order valence-corrected chi connectivity index (χ3v) is 6.19. The van der Waals surface area contributed by atoms with Crippen LogP contribution in [0.2, 0.25) is 0 Å². The minimum Gasteiger partial charge on any atom is -0.370 e. The number of hydrogen-bond acceptors (Lipinski definition) is 6. The molecule has 0 radical (unpaired) electrons. The van der Waals surface area contributed by atoms with Gasteiger partial charge in [0.25, 0.3) is 0 Å². The number of aromatic nitrogens is 2. The van der Waals surface area contributed by atoms with E-state index in [2.05, 4.69) is 56.6 Å². The summed E-state index contributed by atoms with van der Waals surface area (Å²) in [5, 5.41) is 3.50. The van der Waals surface area contributed by atoms with Crippen LogP contribution in [0, 0.1) is 5.92 Å². The molecule has 5 N–H and O–H groups in total. The quantitative estimate of drug-likeness (QED) is 0.684. The van der Waals surface area contributed by atoms with E-state index in [9.17, 15) is 0 Å². The molecule has 6 heteroatoms. The van der Waals surface area contributed by atoms with Crippen molar-refractivity contribution in [2.75, 3.05) is 37.2 Å². The van der Waals surface area contributed by atoms with Gasteiger partial charge in [0, 0.05) is 31.1 Å². The number of nitrogens with two attached hydrogens (primary N) is 2. The van der Waals surface area contributed by atoms with E-state index in [0.29, 0.717) is 23.8 Å². The van der Waals surface area contributed by atoms with Crippen LogP contribution in [0.25, 0.3) is 0 Å². The number of hydrogen-bond donors (Lipinski definition) is 3. The largest absolute Gasteiger partial charge is 0.370 e. The van der Waals surface area contributed by atoms with E-state index in [1.54, 1.807) is 0 Å². The Bertz CT molecular complexity index is 751. The predicted octanol–water partition coefficient (Wildman–Crippen LogP) is 2.63. The number of anilines is 2. The normalized spacial score (nSPS) is 23.3. The number of nitrogens with zero attached hydrogens (tertiary/aromatic N) is 3. The first-order valence-corrected chi connectivity index (χ1v) is 10.6. The van der Waals surface area contributed by atoms with E-state index in [1.165, 1.54) is 31.5 Å².